The van der Waals surface area contributed by atoms with Crippen molar-refractivity contribution in [3.05, 3.63) is 70.7 Å². The van der Waals surface area contributed by atoms with Crippen LogP contribution < -0.4 is 5.32 Å². The van der Waals surface area contributed by atoms with Crippen LogP contribution in [0.1, 0.15) is 24.1 Å². The summed E-state index contributed by atoms with van der Waals surface area (Å²) in [6, 6.07) is 15.8. The van der Waals surface area contributed by atoms with Crippen molar-refractivity contribution in [1.82, 2.24) is 10.2 Å². The number of amides is 2. The van der Waals surface area contributed by atoms with E-state index in [0.29, 0.717) is 24.7 Å². The number of carbonyl (C=O) groups is 2. The third-order valence-corrected chi connectivity index (χ3v) is 4.20. The molecular formula is C20H23ClN2O3. The minimum Gasteiger partial charge on any atom is -0.383 e. The summed E-state index contributed by atoms with van der Waals surface area (Å²) in [7, 11) is 1.57. The zero-order valence-electron chi connectivity index (χ0n) is 14.9. The van der Waals surface area contributed by atoms with Crippen molar-refractivity contribution in [2.45, 2.75) is 19.5 Å². The number of hydrogen-bond acceptors (Lipinski definition) is 3. The second-order valence-corrected chi connectivity index (χ2v) is 6.31. The van der Waals surface area contributed by atoms with Crippen LogP contribution in [0.25, 0.3) is 0 Å². The predicted octanol–water partition coefficient (Wildman–Crippen LogP) is 3.19. The summed E-state index contributed by atoms with van der Waals surface area (Å²) in [5.74, 6) is -0.423. The fraction of sp³-hybridized carbons (Fsp3) is 0.300. The average molecular weight is 375 g/mol. The Kier molecular flexibility index (Phi) is 7.63. The maximum absolute atomic E-state index is 12.8. The first-order valence-corrected chi connectivity index (χ1v) is 8.74. The fourth-order valence-corrected chi connectivity index (χ4v) is 2.78. The molecule has 0 aromatic heterocycles. The second kappa shape index (κ2) is 9.94. The zero-order valence-corrected chi connectivity index (χ0v) is 15.7. The van der Waals surface area contributed by atoms with Gasteiger partial charge in [-0.1, -0.05) is 54.1 Å². The number of ether oxygens (including phenoxy) is 1. The van der Waals surface area contributed by atoms with Gasteiger partial charge in [0.05, 0.1) is 6.61 Å². The van der Waals surface area contributed by atoms with E-state index in [1.807, 2.05) is 42.5 Å². The van der Waals surface area contributed by atoms with Gasteiger partial charge in [-0.05, 0) is 23.3 Å². The topological polar surface area (TPSA) is 58.6 Å². The molecule has 0 aliphatic carbocycles. The molecular weight excluding hydrogens is 352 g/mol. The molecule has 138 valence electrons. The van der Waals surface area contributed by atoms with Crippen molar-refractivity contribution in [3.8, 4) is 0 Å². The lowest BCUT2D eigenvalue weighted by atomic mass is 10.0. The quantitative estimate of drug-likeness (QED) is 0.722. The van der Waals surface area contributed by atoms with Crippen LogP contribution in [0.15, 0.2) is 54.6 Å². The molecule has 1 N–H and O–H groups in total. The monoisotopic (exact) mass is 374 g/mol. The number of hydrogen-bond donors (Lipinski definition) is 1. The van der Waals surface area contributed by atoms with Gasteiger partial charge < -0.3 is 15.0 Å². The normalized spacial score (nSPS) is 11.7. The van der Waals surface area contributed by atoms with Crippen molar-refractivity contribution >= 4 is 23.4 Å². The molecule has 0 radical (unpaired) electrons. The van der Waals surface area contributed by atoms with E-state index >= 15 is 0 Å². The third kappa shape index (κ3) is 5.58. The van der Waals surface area contributed by atoms with Gasteiger partial charge in [-0.25, -0.2) is 0 Å². The minimum atomic E-state index is -0.721. The van der Waals surface area contributed by atoms with Crippen molar-refractivity contribution in [3.63, 3.8) is 0 Å². The smallest absolute Gasteiger partial charge is 0.247 e. The molecule has 0 aliphatic heterocycles. The molecule has 1 unspecified atom stereocenters. The Bertz CT molecular complexity index is 720. The second-order valence-electron chi connectivity index (χ2n) is 5.87. The van der Waals surface area contributed by atoms with Gasteiger partial charge in [-0.3, -0.25) is 9.59 Å². The molecule has 2 aromatic carbocycles. The van der Waals surface area contributed by atoms with E-state index in [2.05, 4.69) is 5.32 Å². The summed E-state index contributed by atoms with van der Waals surface area (Å²) in [5, 5.41) is 3.46. The van der Waals surface area contributed by atoms with Crippen LogP contribution in [0, 0.1) is 0 Å². The fourth-order valence-electron chi connectivity index (χ4n) is 2.65. The van der Waals surface area contributed by atoms with Crippen molar-refractivity contribution in [2.75, 3.05) is 20.3 Å². The van der Waals surface area contributed by atoms with Gasteiger partial charge in [-0.2, -0.15) is 0 Å². The highest BCUT2D eigenvalue weighted by Crippen LogP contribution is 2.24. The summed E-state index contributed by atoms with van der Waals surface area (Å²) in [6.07, 6.45) is 0. The highest BCUT2D eigenvalue weighted by atomic mass is 35.5. The van der Waals surface area contributed by atoms with Gasteiger partial charge in [0.2, 0.25) is 11.8 Å². The lowest BCUT2D eigenvalue weighted by Gasteiger charge is -2.30. The van der Waals surface area contributed by atoms with Gasteiger partial charge in [0.25, 0.3) is 0 Å². The molecule has 0 saturated heterocycles. The van der Waals surface area contributed by atoms with Gasteiger partial charge in [0.15, 0.2) is 0 Å². The molecule has 0 fully saturated rings. The first-order valence-electron chi connectivity index (χ1n) is 8.36. The summed E-state index contributed by atoms with van der Waals surface area (Å²) in [5.41, 5.74) is 1.65. The number of methoxy groups -OCH3 is 1. The number of carbonyl (C=O) groups excluding carboxylic acids is 2. The van der Waals surface area contributed by atoms with E-state index in [0.717, 1.165) is 11.1 Å². The Balaban J connectivity index is 2.30. The van der Waals surface area contributed by atoms with Crippen LogP contribution in [0.4, 0.5) is 0 Å². The van der Waals surface area contributed by atoms with E-state index in [9.17, 15) is 9.59 Å². The molecule has 5 nitrogen and oxygen atoms in total. The molecule has 2 amide bonds. The molecule has 26 heavy (non-hydrogen) atoms. The van der Waals surface area contributed by atoms with Gasteiger partial charge >= 0.3 is 0 Å². The van der Waals surface area contributed by atoms with Crippen LogP contribution in [-0.4, -0.2) is 37.0 Å². The highest BCUT2D eigenvalue weighted by Gasteiger charge is 2.29. The van der Waals surface area contributed by atoms with Crippen LogP contribution in [0.5, 0.6) is 0 Å². The lowest BCUT2D eigenvalue weighted by Crippen LogP contribution is -2.43. The molecule has 0 saturated carbocycles. The van der Waals surface area contributed by atoms with Crippen molar-refractivity contribution in [1.29, 1.82) is 0 Å². The molecule has 0 heterocycles. The van der Waals surface area contributed by atoms with Crippen molar-refractivity contribution < 1.29 is 14.3 Å². The van der Waals surface area contributed by atoms with Gasteiger partial charge in [0.1, 0.15) is 6.04 Å². The molecule has 0 spiro atoms. The molecule has 6 heteroatoms. The molecule has 2 aromatic rings. The number of rotatable bonds is 8. The van der Waals surface area contributed by atoms with Crippen LogP contribution in [0.2, 0.25) is 5.02 Å². The van der Waals surface area contributed by atoms with Crippen LogP contribution >= 0.6 is 11.6 Å². The zero-order chi connectivity index (χ0) is 18.9. The summed E-state index contributed by atoms with van der Waals surface area (Å²) in [6.45, 7) is 2.56. The first kappa shape index (κ1) is 19.9. The Morgan fingerprint density at radius 1 is 1.12 bits per heavy atom. The Morgan fingerprint density at radius 2 is 1.77 bits per heavy atom. The van der Waals surface area contributed by atoms with E-state index in [1.165, 1.54) is 6.92 Å². The highest BCUT2D eigenvalue weighted by molar-refractivity contribution is 6.30. The van der Waals surface area contributed by atoms with E-state index in [-0.39, 0.29) is 11.8 Å². The van der Waals surface area contributed by atoms with Crippen molar-refractivity contribution in [2.24, 2.45) is 0 Å². The Labute approximate surface area is 158 Å². The van der Waals surface area contributed by atoms with E-state index in [1.54, 1.807) is 24.1 Å². The number of nitrogens with zero attached hydrogens (tertiary/aromatic N) is 1. The first-order chi connectivity index (χ1) is 12.5. The van der Waals surface area contributed by atoms with Crippen LogP contribution in [-0.2, 0) is 20.9 Å². The number of nitrogens with one attached hydrogen (secondary N) is 1. The van der Waals surface area contributed by atoms with Crippen LogP contribution in [0.3, 0.4) is 0 Å². The van der Waals surface area contributed by atoms with Gasteiger partial charge in [0, 0.05) is 32.1 Å². The number of halogens is 1. The summed E-state index contributed by atoms with van der Waals surface area (Å²) in [4.78, 5) is 26.7. The van der Waals surface area contributed by atoms with Gasteiger partial charge in [-0.15, -0.1) is 0 Å². The Hall–Kier alpha value is -2.37. The number of benzene rings is 2. The molecule has 2 rings (SSSR count). The maximum atomic E-state index is 12.8. The SMILES string of the molecule is COCCNC(=O)C(c1ccccc1)N(Cc1ccc(Cl)cc1)C(C)=O. The lowest BCUT2D eigenvalue weighted by molar-refractivity contribution is -0.140. The molecule has 0 aliphatic rings. The molecule has 1 atom stereocenters. The van der Waals surface area contributed by atoms with E-state index in [4.69, 9.17) is 16.3 Å². The molecule has 0 bridgehead atoms. The van der Waals surface area contributed by atoms with E-state index < -0.39 is 6.04 Å². The third-order valence-electron chi connectivity index (χ3n) is 3.95. The average Bonchev–Trinajstić information content (AvgIpc) is 2.64. The standard InChI is InChI=1S/C20H23ClN2O3/c1-15(24)23(14-16-8-10-18(21)11-9-16)19(17-6-4-3-5-7-17)20(25)22-12-13-26-2/h3-11,19H,12-14H2,1-2H3,(H,22,25). The Morgan fingerprint density at radius 3 is 2.35 bits per heavy atom. The largest absolute Gasteiger partial charge is 0.383 e. The maximum Gasteiger partial charge on any atom is 0.247 e. The summed E-state index contributed by atoms with van der Waals surface area (Å²) >= 11 is 5.93. The minimum absolute atomic E-state index is 0.185. The predicted molar refractivity (Wildman–Crippen MR) is 102 cm³/mol. The summed E-state index contributed by atoms with van der Waals surface area (Å²) < 4.78 is 4.98.